The van der Waals surface area contributed by atoms with Crippen molar-refractivity contribution in [1.82, 2.24) is 0 Å². The Morgan fingerprint density at radius 3 is 2.72 bits per heavy atom. The summed E-state index contributed by atoms with van der Waals surface area (Å²) in [4.78, 5) is 11.3. The first-order valence-electron chi connectivity index (χ1n) is 7.88. The summed E-state index contributed by atoms with van der Waals surface area (Å²) in [5.41, 5.74) is 6.82. The molecule has 1 aliphatic heterocycles. The Hall–Kier alpha value is -2.76. The molecule has 0 saturated heterocycles. The molecule has 0 radical (unpaired) electrons. The zero-order valence-electron chi connectivity index (χ0n) is 14.3. The molecule has 0 bridgehead atoms. The van der Waals surface area contributed by atoms with Crippen LogP contribution in [0.15, 0.2) is 36.4 Å². The Balaban J connectivity index is 2.14. The maximum Gasteiger partial charge on any atom is 0.405 e. The van der Waals surface area contributed by atoms with Gasteiger partial charge in [-0.15, -0.1) is 0 Å². The predicted molar refractivity (Wildman–Crippen MR) is 91.1 cm³/mol. The van der Waals surface area contributed by atoms with Gasteiger partial charge < -0.3 is 19.9 Å². The van der Waals surface area contributed by atoms with Gasteiger partial charge in [0.1, 0.15) is 23.4 Å². The average Bonchev–Trinajstić information content (AvgIpc) is 2.56. The molecule has 1 amide bonds. The van der Waals surface area contributed by atoms with Crippen molar-refractivity contribution in [2.24, 2.45) is 11.1 Å². The Morgan fingerprint density at radius 2 is 2.08 bits per heavy atom. The van der Waals surface area contributed by atoms with Crippen molar-refractivity contribution in [3.63, 3.8) is 0 Å². The quantitative estimate of drug-likeness (QED) is 0.911. The molecule has 0 aliphatic carbocycles. The van der Waals surface area contributed by atoms with Crippen molar-refractivity contribution in [3.05, 3.63) is 47.8 Å². The summed E-state index contributed by atoms with van der Waals surface area (Å²) in [5, 5.41) is 0. The van der Waals surface area contributed by atoms with Crippen molar-refractivity contribution in [2.75, 3.05) is 13.7 Å². The third kappa shape index (κ3) is 3.24. The molecule has 6 heteroatoms. The van der Waals surface area contributed by atoms with Crippen LogP contribution >= 0.6 is 0 Å². The molecule has 1 aliphatic rings. The fourth-order valence-electron chi connectivity index (χ4n) is 3.06. The molecule has 5 nitrogen and oxygen atoms in total. The lowest BCUT2D eigenvalue weighted by Gasteiger charge is -2.38. The van der Waals surface area contributed by atoms with E-state index in [1.807, 2.05) is 13.8 Å². The first-order valence-corrected chi connectivity index (χ1v) is 7.88. The van der Waals surface area contributed by atoms with Crippen LogP contribution in [-0.4, -0.2) is 19.8 Å². The number of rotatable bonds is 3. The van der Waals surface area contributed by atoms with E-state index >= 15 is 0 Å². The molecule has 0 aromatic heterocycles. The van der Waals surface area contributed by atoms with Gasteiger partial charge in [-0.3, -0.25) is 0 Å². The summed E-state index contributed by atoms with van der Waals surface area (Å²) < 4.78 is 30.3. The maximum atomic E-state index is 13.6. The molecule has 0 saturated carbocycles. The van der Waals surface area contributed by atoms with Crippen LogP contribution in [0.4, 0.5) is 9.18 Å². The van der Waals surface area contributed by atoms with Gasteiger partial charge in [0.25, 0.3) is 0 Å². The number of benzene rings is 2. The molecular weight excluding hydrogens is 325 g/mol. The van der Waals surface area contributed by atoms with E-state index in [4.69, 9.17) is 19.9 Å². The SMILES string of the molecule is COc1cc2c(cc1-c1cccc(F)c1)OCC(C)(C)C2OC(N)=O. The second-order valence-corrected chi connectivity index (χ2v) is 6.69. The molecule has 1 atom stereocenters. The number of carbonyl (C=O) groups is 1. The van der Waals surface area contributed by atoms with E-state index in [0.717, 1.165) is 0 Å². The monoisotopic (exact) mass is 345 g/mol. The summed E-state index contributed by atoms with van der Waals surface area (Å²) in [5.74, 6) is 0.753. The second-order valence-electron chi connectivity index (χ2n) is 6.69. The van der Waals surface area contributed by atoms with E-state index in [-0.39, 0.29) is 5.82 Å². The predicted octanol–water partition coefficient (Wildman–Crippen LogP) is 4.06. The molecule has 2 N–H and O–H groups in total. The molecule has 3 rings (SSSR count). The molecule has 2 aromatic carbocycles. The number of hydrogen-bond donors (Lipinski definition) is 1. The molecular formula is C19H20FNO4. The molecule has 0 fully saturated rings. The van der Waals surface area contributed by atoms with E-state index in [0.29, 0.717) is 34.8 Å². The number of nitrogens with two attached hydrogens (primary N) is 1. The van der Waals surface area contributed by atoms with Crippen LogP contribution < -0.4 is 15.2 Å². The highest BCUT2D eigenvalue weighted by atomic mass is 19.1. The number of hydrogen-bond acceptors (Lipinski definition) is 4. The number of methoxy groups -OCH3 is 1. The van der Waals surface area contributed by atoms with Gasteiger partial charge in [-0.2, -0.15) is 0 Å². The number of primary amides is 1. The van der Waals surface area contributed by atoms with Gasteiger partial charge in [0.15, 0.2) is 0 Å². The third-order valence-electron chi connectivity index (χ3n) is 4.29. The maximum absolute atomic E-state index is 13.6. The van der Waals surface area contributed by atoms with Crippen LogP contribution in [0.25, 0.3) is 11.1 Å². The number of fused-ring (bicyclic) bond motifs is 1. The van der Waals surface area contributed by atoms with Crippen LogP contribution in [0.1, 0.15) is 25.5 Å². The summed E-state index contributed by atoms with van der Waals surface area (Å²) in [6.45, 7) is 4.21. The van der Waals surface area contributed by atoms with E-state index < -0.39 is 17.6 Å². The Bertz CT molecular complexity index is 819. The van der Waals surface area contributed by atoms with Gasteiger partial charge in [0.2, 0.25) is 0 Å². The zero-order chi connectivity index (χ0) is 18.2. The minimum Gasteiger partial charge on any atom is -0.496 e. The molecule has 25 heavy (non-hydrogen) atoms. The molecule has 1 heterocycles. The number of amides is 1. The van der Waals surface area contributed by atoms with Gasteiger partial charge in [-0.25, -0.2) is 9.18 Å². The van der Waals surface area contributed by atoms with E-state index in [9.17, 15) is 9.18 Å². The van der Waals surface area contributed by atoms with E-state index in [1.54, 1.807) is 24.3 Å². The van der Waals surface area contributed by atoms with E-state index in [1.165, 1.54) is 19.2 Å². The summed E-state index contributed by atoms with van der Waals surface area (Å²) in [7, 11) is 1.53. The standard InChI is InChI=1S/C19H20FNO4/c1-19(2)10-24-16-8-13(11-5-4-6-12(20)7-11)15(23-3)9-14(16)17(19)25-18(21)22/h4-9,17H,10H2,1-3H3,(H2,21,22). The molecule has 1 unspecified atom stereocenters. The Kier molecular flexibility index (Phi) is 4.29. The van der Waals surface area contributed by atoms with E-state index in [2.05, 4.69) is 0 Å². The van der Waals surface area contributed by atoms with Crippen molar-refractivity contribution < 1.29 is 23.4 Å². The van der Waals surface area contributed by atoms with Crippen LogP contribution in [0.5, 0.6) is 11.5 Å². The van der Waals surface area contributed by atoms with Crippen molar-refractivity contribution in [3.8, 4) is 22.6 Å². The highest BCUT2D eigenvalue weighted by molar-refractivity contribution is 5.74. The largest absolute Gasteiger partial charge is 0.496 e. The topological polar surface area (TPSA) is 70.8 Å². The fraction of sp³-hybridized carbons (Fsp3) is 0.316. The van der Waals surface area contributed by atoms with Gasteiger partial charge in [-0.1, -0.05) is 26.0 Å². The molecule has 132 valence electrons. The highest BCUT2D eigenvalue weighted by Crippen LogP contribution is 2.48. The van der Waals surface area contributed by atoms with Crippen LogP contribution in [0, 0.1) is 11.2 Å². The summed E-state index contributed by atoms with van der Waals surface area (Å²) in [6, 6.07) is 9.75. The van der Waals surface area contributed by atoms with Crippen molar-refractivity contribution in [1.29, 1.82) is 0 Å². The number of ether oxygens (including phenoxy) is 3. The van der Waals surface area contributed by atoms with Gasteiger partial charge in [0.05, 0.1) is 13.7 Å². The van der Waals surface area contributed by atoms with Crippen molar-refractivity contribution in [2.45, 2.75) is 20.0 Å². The minimum absolute atomic E-state index is 0.339. The van der Waals surface area contributed by atoms with Gasteiger partial charge in [-0.05, 0) is 29.8 Å². The molecule has 2 aromatic rings. The second kappa shape index (κ2) is 6.27. The smallest absolute Gasteiger partial charge is 0.405 e. The first-order chi connectivity index (χ1) is 11.8. The number of carbonyl (C=O) groups excluding carboxylic acids is 1. The van der Waals surface area contributed by atoms with Crippen molar-refractivity contribution >= 4 is 6.09 Å². The van der Waals surface area contributed by atoms with Gasteiger partial charge >= 0.3 is 6.09 Å². The normalized spacial score (nSPS) is 18.0. The van der Waals surface area contributed by atoms with Crippen LogP contribution in [0.2, 0.25) is 0 Å². The number of halogens is 1. The summed E-state index contributed by atoms with van der Waals surface area (Å²) >= 11 is 0. The van der Waals surface area contributed by atoms with Crippen LogP contribution in [0.3, 0.4) is 0 Å². The Morgan fingerprint density at radius 1 is 1.32 bits per heavy atom. The van der Waals surface area contributed by atoms with Crippen LogP contribution in [-0.2, 0) is 4.74 Å². The van der Waals surface area contributed by atoms with Gasteiger partial charge in [0, 0.05) is 16.5 Å². The third-order valence-corrected chi connectivity index (χ3v) is 4.29. The average molecular weight is 345 g/mol. The summed E-state index contributed by atoms with van der Waals surface area (Å²) in [6.07, 6.45) is -1.41. The lowest BCUT2D eigenvalue weighted by Crippen LogP contribution is -2.37. The lowest BCUT2D eigenvalue weighted by atomic mass is 9.80. The highest BCUT2D eigenvalue weighted by Gasteiger charge is 2.41. The minimum atomic E-state index is -0.848. The zero-order valence-corrected chi connectivity index (χ0v) is 14.3. The fourth-order valence-corrected chi connectivity index (χ4v) is 3.06. The molecule has 0 spiro atoms. The first kappa shape index (κ1) is 17.1. The lowest BCUT2D eigenvalue weighted by molar-refractivity contribution is -0.0177. The Labute approximate surface area is 145 Å².